The molecule has 1 aliphatic heterocycles. The fourth-order valence-corrected chi connectivity index (χ4v) is 2.34. The van der Waals surface area contributed by atoms with Gasteiger partial charge >= 0.3 is 29.6 Å². The molecule has 1 saturated heterocycles. The van der Waals surface area contributed by atoms with Gasteiger partial charge in [0.1, 0.15) is 6.10 Å². The van der Waals surface area contributed by atoms with Crippen LogP contribution >= 0.6 is 0 Å². The maximum absolute atomic E-state index is 11.1. The second-order valence-corrected chi connectivity index (χ2v) is 4.28. The van der Waals surface area contributed by atoms with E-state index in [0.717, 1.165) is 11.1 Å². The molecule has 0 aromatic heterocycles. The minimum Gasteiger partial charge on any atom is -0.547 e. The number of benzene rings is 2. The van der Waals surface area contributed by atoms with Crippen LogP contribution in [0.4, 0.5) is 0 Å². The van der Waals surface area contributed by atoms with E-state index in [-0.39, 0.29) is 29.6 Å². The van der Waals surface area contributed by atoms with E-state index in [4.69, 9.17) is 4.74 Å². The summed E-state index contributed by atoms with van der Waals surface area (Å²) in [6, 6.07) is 18.7. The maximum atomic E-state index is 11.1. The van der Waals surface area contributed by atoms with Gasteiger partial charge < -0.3 is 14.6 Å². The Morgan fingerprint density at radius 3 is 1.68 bits per heavy atom. The van der Waals surface area contributed by atoms with Crippen LogP contribution < -0.4 is 34.7 Å². The Kier molecular flexibility index (Phi) is 4.11. The number of rotatable bonds is 3. The van der Waals surface area contributed by atoms with Crippen LogP contribution in [0.1, 0.15) is 11.1 Å². The van der Waals surface area contributed by atoms with E-state index in [1.54, 1.807) is 0 Å². The Morgan fingerprint density at radius 1 is 0.947 bits per heavy atom. The molecule has 2 aromatic carbocycles. The standard InChI is InChI=1S/C15H12O3.Na/c16-14(17)13-15(18-13,11-7-3-1-4-8-11)12-9-5-2-6-10-12;/h1-10,13H,(H,16,17);/q;+1/p-1. The summed E-state index contributed by atoms with van der Waals surface area (Å²) in [5.41, 5.74) is 0.789. The van der Waals surface area contributed by atoms with Gasteiger partial charge in [-0.1, -0.05) is 60.7 Å². The van der Waals surface area contributed by atoms with Gasteiger partial charge in [0.15, 0.2) is 5.60 Å². The zero-order chi connectivity index (χ0) is 12.6. The molecule has 90 valence electrons. The van der Waals surface area contributed by atoms with Gasteiger partial charge in [-0.25, -0.2) is 0 Å². The van der Waals surface area contributed by atoms with Crippen molar-refractivity contribution in [1.29, 1.82) is 0 Å². The van der Waals surface area contributed by atoms with E-state index in [2.05, 4.69) is 0 Å². The average molecular weight is 262 g/mol. The molecule has 0 N–H and O–H groups in total. The molecule has 1 heterocycles. The Hall–Kier alpha value is -1.13. The Morgan fingerprint density at radius 2 is 1.37 bits per heavy atom. The van der Waals surface area contributed by atoms with Crippen LogP contribution in [0.5, 0.6) is 0 Å². The van der Waals surface area contributed by atoms with Crippen molar-refractivity contribution in [2.45, 2.75) is 11.7 Å². The minimum atomic E-state index is -1.18. The summed E-state index contributed by atoms with van der Waals surface area (Å²) in [5.74, 6) is -1.18. The number of carboxylic acids is 1. The van der Waals surface area contributed by atoms with Crippen molar-refractivity contribution in [3.63, 3.8) is 0 Å². The second-order valence-electron chi connectivity index (χ2n) is 4.28. The van der Waals surface area contributed by atoms with Crippen LogP contribution in [0.2, 0.25) is 0 Å². The van der Waals surface area contributed by atoms with Crippen molar-refractivity contribution in [1.82, 2.24) is 0 Å². The first kappa shape index (κ1) is 14.3. The molecule has 1 unspecified atom stereocenters. The normalized spacial score (nSPS) is 19.3. The smallest absolute Gasteiger partial charge is 0.547 e. The van der Waals surface area contributed by atoms with E-state index in [1.165, 1.54) is 0 Å². The first-order chi connectivity index (χ1) is 8.75. The monoisotopic (exact) mass is 262 g/mol. The molecule has 0 amide bonds. The molecule has 19 heavy (non-hydrogen) atoms. The van der Waals surface area contributed by atoms with Gasteiger partial charge in [-0.05, 0) is 11.1 Å². The number of hydrogen-bond donors (Lipinski definition) is 0. The van der Waals surface area contributed by atoms with Gasteiger partial charge in [-0.2, -0.15) is 0 Å². The molecule has 0 aliphatic carbocycles. The van der Waals surface area contributed by atoms with Crippen LogP contribution in [0.3, 0.4) is 0 Å². The Labute approximate surface area is 133 Å². The van der Waals surface area contributed by atoms with E-state index in [0.29, 0.717) is 0 Å². The molecular weight excluding hydrogens is 251 g/mol. The molecule has 1 fully saturated rings. The quantitative estimate of drug-likeness (QED) is 0.479. The third-order valence-electron chi connectivity index (χ3n) is 3.24. The zero-order valence-electron chi connectivity index (χ0n) is 10.6. The van der Waals surface area contributed by atoms with Crippen molar-refractivity contribution < 1.29 is 44.2 Å². The van der Waals surface area contributed by atoms with Crippen LogP contribution in [-0.2, 0) is 15.1 Å². The molecule has 0 bridgehead atoms. The van der Waals surface area contributed by atoms with Gasteiger partial charge in [-0.3, -0.25) is 0 Å². The van der Waals surface area contributed by atoms with Crippen molar-refractivity contribution in [3.05, 3.63) is 71.8 Å². The molecule has 4 heteroatoms. The van der Waals surface area contributed by atoms with E-state index in [9.17, 15) is 9.90 Å². The van der Waals surface area contributed by atoms with Crippen molar-refractivity contribution in [3.8, 4) is 0 Å². The number of ether oxygens (including phenoxy) is 1. The van der Waals surface area contributed by atoms with Crippen LogP contribution in [0.15, 0.2) is 60.7 Å². The number of aliphatic carboxylic acids is 1. The van der Waals surface area contributed by atoms with Gasteiger partial charge in [0.05, 0.1) is 5.97 Å². The summed E-state index contributed by atoms with van der Waals surface area (Å²) in [6.07, 6.45) is -0.915. The molecule has 3 nitrogen and oxygen atoms in total. The molecule has 1 atom stereocenters. The average Bonchev–Trinajstić information content (AvgIpc) is 3.18. The van der Waals surface area contributed by atoms with Gasteiger partial charge in [0.25, 0.3) is 0 Å². The predicted octanol–water partition coefficient (Wildman–Crippen LogP) is -1.92. The third kappa shape index (κ3) is 2.35. The summed E-state index contributed by atoms with van der Waals surface area (Å²) in [4.78, 5) is 11.1. The second kappa shape index (κ2) is 5.47. The van der Waals surface area contributed by atoms with Crippen LogP contribution in [0.25, 0.3) is 0 Å². The predicted molar refractivity (Wildman–Crippen MR) is 63.5 cm³/mol. The van der Waals surface area contributed by atoms with Crippen LogP contribution in [-0.4, -0.2) is 12.1 Å². The van der Waals surface area contributed by atoms with E-state index in [1.807, 2.05) is 60.7 Å². The summed E-state index contributed by atoms with van der Waals surface area (Å²) in [7, 11) is 0. The number of epoxide rings is 1. The summed E-state index contributed by atoms with van der Waals surface area (Å²) in [5, 5.41) is 11.1. The van der Waals surface area contributed by atoms with Crippen LogP contribution in [0, 0.1) is 0 Å². The first-order valence-electron chi connectivity index (χ1n) is 5.75. The summed E-state index contributed by atoms with van der Waals surface area (Å²) >= 11 is 0. The fourth-order valence-electron chi connectivity index (χ4n) is 2.34. The van der Waals surface area contributed by atoms with E-state index < -0.39 is 17.7 Å². The molecule has 0 spiro atoms. The SMILES string of the molecule is O=C([O-])C1OC1(c1ccccc1)c1ccccc1.[Na+]. The number of carbonyl (C=O) groups is 1. The van der Waals surface area contributed by atoms with Crippen molar-refractivity contribution in [2.24, 2.45) is 0 Å². The largest absolute Gasteiger partial charge is 1.00 e. The molecule has 3 rings (SSSR count). The van der Waals surface area contributed by atoms with Gasteiger partial charge in [0.2, 0.25) is 0 Å². The first-order valence-corrected chi connectivity index (χ1v) is 5.75. The molecule has 1 aliphatic rings. The number of carboxylic acid groups (broad SMARTS) is 1. The topological polar surface area (TPSA) is 52.7 Å². The molecule has 2 aromatic rings. The molecule has 0 saturated carbocycles. The summed E-state index contributed by atoms with van der Waals surface area (Å²) < 4.78 is 5.48. The number of hydrogen-bond acceptors (Lipinski definition) is 3. The Balaban J connectivity index is 0.00000133. The Bertz CT molecular complexity index is 529. The van der Waals surface area contributed by atoms with Crippen molar-refractivity contribution in [2.75, 3.05) is 0 Å². The van der Waals surface area contributed by atoms with Gasteiger partial charge in [-0.15, -0.1) is 0 Å². The molecular formula is C15H11NaO3. The number of carbonyl (C=O) groups excluding carboxylic acids is 1. The fraction of sp³-hybridized carbons (Fsp3) is 0.133. The van der Waals surface area contributed by atoms with Gasteiger partial charge in [0, 0.05) is 0 Å². The third-order valence-corrected chi connectivity index (χ3v) is 3.24. The molecule has 0 radical (unpaired) electrons. The van der Waals surface area contributed by atoms with Crippen molar-refractivity contribution >= 4 is 5.97 Å². The van der Waals surface area contributed by atoms with E-state index >= 15 is 0 Å². The summed E-state index contributed by atoms with van der Waals surface area (Å²) in [6.45, 7) is 0. The minimum absolute atomic E-state index is 0. The zero-order valence-corrected chi connectivity index (χ0v) is 12.6. The maximum Gasteiger partial charge on any atom is 1.00 e.